The molecule has 0 aromatic heterocycles. The maximum Gasteiger partial charge on any atom is 0.221 e. The van der Waals surface area contributed by atoms with Crippen molar-refractivity contribution in [2.24, 2.45) is 0 Å². The highest BCUT2D eigenvalue weighted by atomic mass is 19.1. The summed E-state index contributed by atoms with van der Waals surface area (Å²) in [5.41, 5.74) is 2.85. The number of hydrogen-bond acceptors (Lipinski definition) is 3. The number of nitrogens with one attached hydrogen (secondary N) is 1. The van der Waals surface area contributed by atoms with Gasteiger partial charge in [-0.1, -0.05) is 36.4 Å². The van der Waals surface area contributed by atoms with E-state index in [1.807, 2.05) is 62.4 Å². The highest BCUT2D eigenvalue weighted by Gasteiger charge is 2.18. The molecular weight excluding hydrogens is 393 g/mol. The number of halogens is 1. The molecule has 1 unspecified atom stereocenters. The van der Waals surface area contributed by atoms with E-state index in [1.165, 1.54) is 12.1 Å². The molecule has 0 fully saturated rings. The summed E-state index contributed by atoms with van der Waals surface area (Å²) in [6.07, 6.45) is 0.374. The monoisotopic (exact) mass is 421 g/mol. The predicted octanol–water partition coefficient (Wildman–Crippen LogP) is 5.46. The van der Waals surface area contributed by atoms with Crippen molar-refractivity contribution in [3.8, 4) is 11.5 Å². The molecule has 162 valence electrons. The average molecular weight is 422 g/mol. The maximum atomic E-state index is 13.4. The fraction of sp³-hybridized carbons (Fsp3) is 0.269. The maximum absolute atomic E-state index is 13.4. The van der Waals surface area contributed by atoms with Crippen LogP contribution in [0.5, 0.6) is 11.5 Å². The van der Waals surface area contributed by atoms with Gasteiger partial charge in [-0.05, 0) is 66.9 Å². The number of methoxy groups -OCH3 is 1. The molecule has 0 bridgehead atoms. The van der Waals surface area contributed by atoms with Crippen molar-refractivity contribution in [3.05, 3.63) is 95.3 Å². The van der Waals surface area contributed by atoms with Gasteiger partial charge in [0.2, 0.25) is 5.91 Å². The fourth-order valence-electron chi connectivity index (χ4n) is 3.38. The first-order chi connectivity index (χ1) is 14.9. The minimum atomic E-state index is -0.299. The molecule has 3 rings (SSSR count). The van der Waals surface area contributed by atoms with Crippen LogP contribution >= 0.6 is 0 Å². The molecular formula is C26H28FNO3. The van der Waals surface area contributed by atoms with Crippen LogP contribution < -0.4 is 14.8 Å². The van der Waals surface area contributed by atoms with E-state index in [-0.39, 0.29) is 30.2 Å². The second kappa shape index (κ2) is 10.6. The van der Waals surface area contributed by atoms with Gasteiger partial charge in [-0.2, -0.15) is 0 Å². The number of hydrogen-bond donors (Lipinski definition) is 1. The Morgan fingerprint density at radius 3 is 1.97 bits per heavy atom. The van der Waals surface area contributed by atoms with Gasteiger partial charge in [-0.15, -0.1) is 0 Å². The number of benzene rings is 3. The first-order valence-corrected chi connectivity index (χ1v) is 10.4. The lowest BCUT2D eigenvalue weighted by molar-refractivity contribution is -0.121. The molecule has 0 radical (unpaired) electrons. The van der Waals surface area contributed by atoms with Gasteiger partial charge in [0.15, 0.2) is 0 Å². The summed E-state index contributed by atoms with van der Waals surface area (Å²) in [7, 11) is 1.61. The molecule has 0 heterocycles. The van der Waals surface area contributed by atoms with Crippen molar-refractivity contribution < 1.29 is 18.7 Å². The van der Waals surface area contributed by atoms with Crippen LogP contribution in [0, 0.1) is 5.82 Å². The van der Waals surface area contributed by atoms with Gasteiger partial charge < -0.3 is 14.8 Å². The van der Waals surface area contributed by atoms with Gasteiger partial charge in [0.05, 0.1) is 13.2 Å². The van der Waals surface area contributed by atoms with Crippen LogP contribution in [-0.4, -0.2) is 19.1 Å². The lowest BCUT2D eigenvalue weighted by atomic mass is 9.88. The van der Waals surface area contributed by atoms with Gasteiger partial charge >= 0.3 is 0 Å². The Labute approximate surface area is 183 Å². The molecule has 1 N–H and O–H groups in total. The Kier molecular flexibility index (Phi) is 7.65. The summed E-state index contributed by atoms with van der Waals surface area (Å²) < 4.78 is 24.3. The van der Waals surface area contributed by atoms with E-state index in [2.05, 4.69) is 5.32 Å². The molecule has 4 nitrogen and oxygen atoms in total. The molecule has 1 amide bonds. The molecule has 3 aromatic rings. The summed E-state index contributed by atoms with van der Waals surface area (Å²) in [6.45, 7) is 4.39. The van der Waals surface area contributed by atoms with Crippen molar-refractivity contribution in [1.29, 1.82) is 0 Å². The van der Waals surface area contributed by atoms with E-state index >= 15 is 0 Å². The van der Waals surface area contributed by atoms with Gasteiger partial charge in [0.25, 0.3) is 0 Å². The van der Waals surface area contributed by atoms with Gasteiger partial charge in [0.1, 0.15) is 17.3 Å². The number of amides is 1. The SMILES string of the molecule is COc1ccc(C(CC(=O)NCc2ccc(OC(C)C)cc2)c2ccc(F)cc2)cc1. The fourth-order valence-corrected chi connectivity index (χ4v) is 3.38. The topological polar surface area (TPSA) is 47.6 Å². The first kappa shape index (κ1) is 22.3. The van der Waals surface area contributed by atoms with Crippen molar-refractivity contribution in [1.82, 2.24) is 5.32 Å². The Balaban J connectivity index is 1.68. The van der Waals surface area contributed by atoms with Crippen LogP contribution in [-0.2, 0) is 11.3 Å². The van der Waals surface area contributed by atoms with Crippen LogP contribution in [0.1, 0.15) is 42.9 Å². The van der Waals surface area contributed by atoms with Gasteiger partial charge in [-0.3, -0.25) is 4.79 Å². The molecule has 0 spiro atoms. The smallest absolute Gasteiger partial charge is 0.221 e. The van der Waals surface area contributed by atoms with E-state index in [9.17, 15) is 9.18 Å². The summed E-state index contributed by atoms with van der Waals surface area (Å²) in [6, 6.07) is 21.6. The van der Waals surface area contributed by atoms with Crippen LogP contribution in [0.4, 0.5) is 4.39 Å². The highest BCUT2D eigenvalue weighted by molar-refractivity contribution is 5.77. The zero-order chi connectivity index (χ0) is 22.2. The summed E-state index contributed by atoms with van der Waals surface area (Å²) in [4.78, 5) is 12.7. The molecule has 31 heavy (non-hydrogen) atoms. The van der Waals surface area contributed by atoms with Crippen LogP contribution in [0.3, 0.4) is 0 Å². The Bertz CT molecular complexity index is 967. The van der Waals surface area contributed by atoms with Gasteiger partial charge in [-0.25, -0.2) is 4.39 Å². The van der Waals surface area contributed by atoms with E-state index in [1.54, 1.807) is 19.2 Å². The van der Waals surface area contributed by atoms with Crippen molar-refractivity contribution >= 4 is 5.91 Å². The molecule has 0 aliphatic carbocycles. The van der Waals surface area contributed by atoms with E-state index in [4.69, 9.17) is 9.47 Å². The summed E-state index contributed by atoms with van der Waals surface area (Å²) in [5, 5.41) is 2.98. The Morgan fingerprint density at radius 2 is 1.42 bits per heavy atom. The second-order valence-electron chi connectivity index (χ2n) is 7.67. The summed E-state index contributed by atoms with van der Waals surface area (Å²) >= 11 is 0. The molecule has 0 saturated heterocycles. The molecule has 0 saturated carbocycles. The third-order valence-electron chi connectivity index (χ3n) is 4.96. The predicted molar refractivity (Wildman–Crippen MR) is 120 cm³/mol. The van der Waals surface area contributed by atoms with E-state index < -0.39 is 0 Å². The lowest BCUT2D eigenvalue weighted by Gasteiger charge is -2.18. The quantitative estimate of drug-likeness (QED) is 0.499. The second-order valence-corrected chi connectivity index (χ2v) is 7.67. The van der Waals surface area contributed by atoms with Crippen LogP contribution in [0.15, 0.2) is 72.8 Å². The zero-order valence-electron chi connectivity index (χ0n) is 18.1. The first-order valence-electron chi connectivity index (χ1n) is 10.4. The minimum Gasteiger partial charge on any atom is -0.497 e. The number of ether oxygens (including phenoxy) is 2. The minimum absolute atomic E-state index is 0.0763. The molecule has 0 aliphatic rings. The number of rotatable bonds is 9. The van der Waals surface area contributed by atoms with E-state index in [0.717, 1.165) is 28.2 Å². The molecule has 0 aliphatic heterocycles. The van der Waals surface area contributed by atoms with Crippen LogP contribution in [0.2, 0.25) is 0 Å². The third kappa shape index (κ3) is 6.57. The van der Waals surface area contributed by atoms with Crippen molar-refractivity contribution in [2.75, 3.05) is 7.11 Å². The lowest BCUT2D eigenvalue weighted by Crippen LogP contribution is -2.25. The largest absolute Gasteiger partial charge is 0.497 e. The Morgan fingerprint density at radius 1 is 0.871 bits per heavy atom. The van der Waals surface area contributed by atoms with Crippen molar-refractivity contribution in [3.63, 3.8) is 0 Å². The molecule has 1 atom stereocenters. The van der Waals surface area contributed by atoms with Gasteiger partial charge in [0, 0.05) is 18.9 Å². The van der Waals surface area contributed by atoms with Crippen molar-refractivity contribution in [2.45, 2.75) is 38.8 Å². The Hall–Kier alpha value is -3.34. The highest BCUT2D eigenvalue weighted by Crippen LogP contribution is 2.29. The molecule has 3 aromatic carbocycles. The van der Waals surface area contributed by atoms with Crippen LogP contribution in [0.25, 0.3) is 0 Å². The standard InChI is InChI=1S/C26H28FNO3/c1-18(2)31-24-12-4-19(5-13-24)17-28-26(29)16-25(20-6-10-22(27)11-7-20)21-8-14-23(30-3)15-9-21/h4-15,18,25H,16-17H2,1-3H3,(H,28,29). The third-order valence-corrected chi connectivity index (χ3v) is 4.96. The molecule has 5 heteroatoms. The summed E-state index contributed by atoms with van der Waals surface area (Å²) in [5.74, 6) is 0.990. The number of carbonyl (C=O) groups excluding carboxylic acids is 1. The normalized spacial score (nSPS) is 11.8. The number of carbonyl (C=O) groups is 1. The zero-order valence-corrected chi connectivity index (χ0v) is 18.1. The van der Waals surface area contributed by atoms with E-state index in [0.29, 0.717) is 6.54 Å². The average Bonchev–Trinajstić information content (AvgIpc) is 2.77.